The lowest BCUT2D eigenvalue weighted by Gasteiger charge is -2.22. The molecule has 0 aromatic carbocycles. The molecule has 0 aromatic rings. The monoisotopic (exact) mass is 199 g/mol. The normalized spacial score (nSPS) is 26.6. The van der Waals surface area contributed by atoms with E-state index in [1.807, 2.05) is 0 Å². The molecule has 2 nitrogen and oxygen atoms in total. The summed E-state index contributed by atoms with van der Waals surface area (Å²) >= 11 is 0. The topological polar surface area (TPSA) is 21.3 Å². The Bertz CT molecular complexity index is 177. The summed E-state index contributed by atoms with van der Waals surface area (Å²) in [6.45, 7) is 11.2. The summed E-state index contributed by atoms with van der Waals surface area (Å²) in [6, 6.07) is 0.511. The summed E-state index contributed by atoms with van der Waals surface area (Å²) in [5.74, 6) is 1.53. The molecule has 84 valence electrons. The fourth-order valence-electron chi connectivity index (χ4n) is 1.88. The van der Waals surface area contributed by atoms with Gasteiger partial charge < -0.3 is 10.1 Å². The van der Waals surface area contributed by atoms with Crippen LogP contribution in [0.1, 0.15) is 34.1 Å². The van der Waals surface area contributed by atoms with Gasteiger partial charge in [-0.3, -0.25) is 0 Å². The number of hydrogen-bond acceptors (Lipinski definition) is 2. The lowest BCUT2D eigenvalue weighted by molar-refractivity contribution is 0.146. The number of hydrogen-bond donors (Lipinski definition) is 1. The highest BCUT2D eigenvalue weighted by molar-refractivity contribution is 4.96. The molecule has 2 atom stereocenters. The molecule has 0 saturated heterocycles. The molecule has 1 aliphatic rings. The molecule has 0 spiro atoms. The van der Waals surface area contributed by atoms with Crippen molar-refractivity contribution < 1.29 is 4.74 Å². The highest BCUT2D eigenvalue weighted by Crippen LogP contribution is 2.51. The molecule has 0 amide bonds. The molecule has 1 N–H and O–H groups in total. The minimum atomic E-state index is 0.511. The molecule has 1 fully saturated rings. The van der Waals surface area contributed by atoms with Crippen LogP contribution in [0.2, 0.25) is 0 Å². The standard InChI is InChI=1S/C12H25NO/c1-9(2)11(8-14-5)13-7-10-6-12(10,3)4/h9-11,13H,6-8H2,1-5H3. The summed E-state index contributed by atoms with van der Waals surface area (Å²) in [5.41, 5.74) is 0.585. The Morgan fingerprint density at radius 1 is 1.43 bits per heavy atom. The Morgan fingerprint density at radius 2 is 2.00 bits per heavy atom. The van der Waals surface area contributed by atoms with Gasteiger partial charge >= 0.3 is 0 Å². The summed E-state index contributed by atoms with van der Waals surface area (Å²) in [6.07, 6.45) is 1.37. The zero-order chi connectivity index (χ0) is 10.8. The van der Waals surface area contributed by atoms with E-state index in [-0.39, 0.29) is 0 Å². The van der Waals surface area contributed by atoms with E-state index in [9.17, 15) is 0 Å². The van der Waals surface area contributed by atoms with Crippen molar-refractivity contribution in [2.24, 2.45) is 17.3 Å². The van der Waals surface area contributed by atoms with Gasteiger partial charge in [0.15, 0.2) is 0 Å². The Kier molecular flexibility index (Phi) is 3.96. The zero-order valence-corrected chi connectivity index (χ0v) is 10.3. The van der Waals surface area contributed by atoms with Crippen molar-refractivity contribution in [3.8, 4) is 0 Å². The quantitative estimate of drug-likeness (QED) is 0.708. The highest BCUT2D eigenvalue weighted by atomic mass is 16.5. The van der Waals surface area contributed by atoms with Crippen LogP contribution in [0.5, 0.6) is 0 Å². The fourth-order valence-corrected chi connectivity index (χ4v) is 1.88. The summed E-state index contributed by atoms with van der Waals surface area (Å²) in [4.78, 5) is 0. The van der Waals surface area contributed by atoms with E-state index < -0.39 is 0 Å². The second-order valence-corrected chi connectivity index (χ2v) is 5.60. The molecular weight excluding hydrogens is 174 g/mol. The largest absolute Gasteiger partial charge is 0.383 e. The Hall–Kier alpha value is -0.0800. The molecule has 1 saturated carbocycles. The molecule has 0 aliphatic heterocycles. The number of ether oxygens (including phenoxy) is 1. The minimum Gasteiger partial charge on any atom is -0.383 e. The van der Waals surface area contributed by atoms with Crippen molar-refractivity contribution in [3.63, 3.8) is 0 Å². The number of rotatable bonds is 6. The van der Waals surface area contributed by atoms with E-state index in [2.05, 4.69) is 33.0 Å². The van der Waals surface area contributed by atoms with E-state index in [4.69, 9.17) is 4.74 Å². The van der Waals surface area contributed by atoms with Crippen LogP contribution in [-0.2, 0) is 4.74 Å². The van der Waals surface area contributed by atoms with E-state index in [0.29, 0.717) is 17.4 Å². The van der Waals surface area contributed by atoms with Crippen LogP contribution >= 0.6 is 0 Å². The van der Waals surface area contributed by atoms with Crippen LogP contribution in [0.3, 0.4) is 0 Å². The SMILES string of the molecule is COCC(NCC1CC1(C)C)C(C)C. The van der Waals surface area contributed by atoms with Gasteiger partial charge in [0.25, 0.3) is 0 Å². The molecule has 2 heteroatoms. The van der Waals surface area contributed by atoms with Crippen LogP contribution in [0.25, 0.3) is 0 Å². The predicted octanol–water partition coefficient (Wildman–Crippen LogP) is 2.29. The molecular formula is C12H25NO. The van der Waals surface area contributed by atoms with E-state index in [1.54, 1.807) is 7.11 Å². The lowest BCUT2D eigenvalue weighted by atomic mass is 10.0. The average molecular weight is 199 g/mol. The molecule has 0 aromatic heterocycles. The van der Waals surface area contributed by atoms with E-state index in [0.717, 1.165) is 19.1 Å². The first-order valence-corrected chi connectivity index (χ1v) is 5.69. The van der Waals surface area contributed by atoms with Crippen molar-refractivity contribution in [1.82, 2.24) is 5.32 Å². The van der Waals surface area contributed by atoms with Gasteiger partial charge in [-0.05, 0) is 30.2 Å². The lowest BCUT2D eigenvalue weighted by Crippen LogP contribution is -2.39. The van der Waals surface area contributed by atoms with Gasteiger partial charge in [0, 0.05) is 13.2 Å². The first-order valence-electron chi connectivity index (χ1n) is 5.69. The highest BCUT2D eigenvalue weighted by Gasteiger charge is 2.45. The van der Waals surface area contributed by atoms with Crippen LogP contribution in [0.4, 0.5) is 0 Å². The van der Waals surface area contributed by atoms with Crippen LogP contribution in [0, 0.1) is 17.3 Å². The number of nitrogens with one attached hydrogen (secondary N) is 1. The first kappa shape index (κ1) is 12.0. The second kappa shape index (κ2) is 4.63. The van der Waals surface area contributed by atoms with Crippen molar-refractivity contribution in [2.45, 2.75) is 40.2 Å². The molecule has 1 rings (SSSR count). The molecule has 0 heterocycles. The van der Waals surface area contributed by atoms with Gasteiger partial charge in [-0.1, -0.05) is 27.7 Å². The van der Waals surface area contributed by atoms with Gasteiger partial charge in [0.05, 0.1) is 6.61 Å². The molecule has 2 unspecified atom stereocenters. The predicted molar refractivity (Wildman–Crippen MR) is 60.4 cm³/mol. The maximum atomic E-state index is 5.21. The van der Waals surface area contributed by atoms with Gasteiger partial charge in [-0.2, -0.15) is 0 Å². The van der Waals surface area contributed by atoms with Crippen LogP contribution < -0.4 is 5.32 Å². The summed E-state index contributed by atoms with van der Waals surface area (Å²) < 4.78 is 5.21. The molecule has 14 heavy (non-hydrogen) atoms. The smallest absolute Gasteiger partial charge is 0.0618 e. The van der Waals surface area contributed by atoms with Crippen molar-refractivity contribution in [3.05, 3.63) is 0 Å². The fraction of sp³-hybridized carbons (Fsp3) is 1.00. The minimum absolute atomic E-state index is 0.511. The van der Waals surface area contributed by atoms with Crippen LogP contribution in [-0.4, -0.2) is 26.3 Å². The maximum absolute atomic E-state index is 5.21. The third-order valence-corrected chi connectivity index (χ3v) is 3.49. The Morgan fingerprint density at radius 3 is 2.36 bits per heavy atom. The van der Waals surface area contributed by atoms with E-state index >= 15 is 0 Å². The zero-order valence-electron chi connectivity index (χ0n) is 10.3. The van der Waals surface area contributed by atoms with Crippen molar-refractivity contribution in [1.29, 1.82) is 0 Å². The van der Waals surface area contributed by atoms with Crippen molar-refractivity contribution >= 4 is 0 Å². The third-order valence-electron chi connectivity index (χ3n) is 3.49. The summed E-state index contributed by atoms with van der Waals surface area (Å²) in [5, 5.41) is 3.61. The first-order chi connectivity index (χ1) is 6.47. The van der Waals surface area contributed by atoms with Crippen LogP contribution in [0.15, 0.2) is 0 Å². The Labute approximate surface area is 88.4 Å². The van der Waals surface area contributed by atoms with Gasteiger partial charge in [-0.25, -0.2) is 0 Å². The number of methoxy groups -OCH3 is 1. The van der Waals surface area contributed by atoms with Gasteiger partial charge in [0.2, 0.25) is 0 Å². The maximum Gasteiger partial charge on any atom is 0.0618 e. The average Bonchev–Trinajstić information content (AvgIpc) is 2.67. The second-order valence-electron chi connectivity index (χ2n) is 5.60. The molecule has 0 bridgehead atoms. The van der Waals surface area contributed by atoms with E-state index in [1.165, 1.54) is 6.42 Å². The molecule has 1 aliphatic carbocycles. The molecule has 0 radical (unpaired) electrons. The van der Waals surface area contributed by atoms with Gasteiger partial charge in [-0.15, -0.1) is 0 Å². The summed E-state index contributed by atoms with van der Waals surface area (Å²) in [7, 11) is 1.78. The van der Waals surface area contributed by atoms with Crippen molar-refractivity contribution in [2.75, 3.05) is 20.3 Å². The Balaban J connectivity index is 2.21. The third kappa shape index (κ3) is 3.25. The van der Waals surface area contributed by atoms with Gasteiger partial charge in [0.1, 0.15) is 0 Å².